The van der Waals surface area contributed by atoms with Crippen LogP contribution in [0.2, 0.25) is 0 Å². The molecule has 208 valence electrons. The minimum atomic E-state index is -1.13. The van der Waals surface area contributed by atoms with E-state index in [0.29, 0.717) is 11.4 Å². The molecule has 1 saturated heterocycles. The third-order valence-corrected chi connectivity index (χ3v) is 9.12. The van der Waals surface area contributed by atoms with E-state index < -0.39 is 23.5 Å². The highest BCUT2D eigenvalue weighted by atomic mass is 32.1. The van der Waals surface area contributed by atoms with Gasteiger partial charge in [0.15, 0.2) is 11.5 Å². The van der Waals surface area contributed by atoms with Crippen molar-refractivity contribution < 1.29 is 24.3 Å². The van der Waals surface area contributed by atoms with Gasteiger partial charge in [-0.05, 0) is 51.6 Å². The summed E-state index contributed by atoms with van der Waals surface area (Å²) >= 11 is 1.18. The molecule has 10 heteroatoms. The molecule has 0 spiro atoms. The van der Waals surface area contributed by atoms with E-state index in [1.165, 1.54) is 23.6 Å². The molecule has 0 saturated carbocycles. The molecular weight excluding hydrogens is 492 g/mol. The standard InChI is InChI=1S/C27H44N4O5S/c1-9-17(4)19(13-23(33)27(6)11-10-12-30(27)7)25(34)31(8)22(16(2)3)14-20(28-18(5)32)24-29-21(15-37-24)26(35)36/h15-17,19-20,22H,9-14H2,1-8H3,(H,28,32)(H,35,36)/t17-,19-,20+,22+,27+/m0/s1. The Balaban J connectivity index is 2.31. The summed E-state index contributed by atoms with van der Waals surface area (Å²) in [4.78, 5) is 58.8. The van der Waals surface area contributed by atoms with Gasteiger partial charge in [0.2, 0.25) is 11.8 Å². The summed E-state index contributed by atoms with van der Waals surface area (Å²) in [7, 11) is 3.74. The number of ketones is 1. The molecule has 1 aliphatic rings. The van der Waals surface area contributed by atoms with Gasteiger partial charge in [0.1, 0.15) is 5.01 Å². The first-order chi connectivity index (χ1) is 17.2. The Morgan fingerprint density at radius 1 is 1.27 bits per heavy atom. The average molecular weight is 537 g/mol. The molecule has 0 aliphatic carbocycles. The second-order valence-corrected chi connectivity index (χ2v) is 11.9. The van der Waals surface area contributed by atoms with Crippen LogP contribution in [0, 0.1) is 17.8 Å². The fraction of sp³-hybridized carbons (Fsp3) is 0.741. The highest BCUT2D eigenvalue weighted by Crippen LogP contribution is 2.34. The summed E-state index contributed by atoms with van der Waals surface area (Å²) in [5.41, 5.74) is -0.604. The Kier molecular flexibility index (Phi) is 10.8. The van der Waals surface area contributed by atoms with E-state index >= 15 is 0 Å². The van der Waals surface area contributed by atoms with Crippen LogP contribution in [0.25, 0.3) is 0 Å². The molecule has 0 unspecified atom stereocenters. The number of hydrogen-bond acceptors (Lipinski definition) is 7. The number of carbonyl (C=O) groups is 4. The highest BCUT2D eigenvalue weighted by Gasteiger charge is 2.43. The van der Waals surface area contributed by atoms with Gasteiger partial charge in [-0.15, -0.1) is 11.3 Å². The second-order valence-electron chi connectivity index (χ2n) is 11.0. The van der Waals surface area contributed by atoms with Gasteiger partial charge in [0.05, 0.1) is 11.6 Å². The van der Waals surface area contributed by atoms with Gasteiger partial charge in [-0.25, -0.2) is 9.78 Å². The van der Waals surface area contributed by atoms with Crippen molar-refractivity contribution >= 4 is 34.9 Å². The minimum Gasteiger partial charge on any atom is -0.476 e. The number of amides is 2. The fourth-order valence-corrected chi connectivity index (χ4v) is 6.10. The molecule has 1 fully saturated rings. The molecular formula is C27H44N4O5S. The van der Waals surface area contributed by atoms with Crippen LogP contribution in [0.4, 0.5) is 0 Å². The number of nitrogens with one attached hydrogen (secondary N) is 1. The van der Waals surface area contributed by atoms with Crippen molar-refractivity contribution in [1.29, 1.82) is 0 Å². The summed E-state index contributed by atoms with van der Waals surface area (Å²) in [5.74, 6) is -1.70. The molecule has 1 aromatic heterocycles. The Bertz CT molecular complexity index is 980. The summed E-state index contributed by atoms with van der Waals surface area (Å²) in [6.45, 7) is 12.4. The van der Waals surface area contributed by atoms with Gasteiger partial charge >= 0.3 is 5.97 Å². The molecule has 2 amide bonds. The van der Waals surface area contributed by atoms with E-state index in [-0.39, 0.29) is 47.6 Å². The molecule has 5 atom stereocenters. The number of hydrogen-bond donors (Lipinski definition) is 2. The average Bonchev–Trinajstić information content (AvgIpc) is 3.46. The number of aromatic nitrogens is 1. The summed E-state index contributed by atoms with van der Waals surface area (Å²) < 4.78 is 0. The van der Waals surface area contributed by atoms with Crippen molar-refractivity contribution in [2.24, 2.45) is 17.8 Å². The zero-order valence-corrected chi connectivity index (χ0v) is 24.4. The molecule has 0 bridgehead atoms. The highest BCUT2D eigenvalue weighted by molar-refractivity contribution is 7.09. The van der Waals surface area contributed by atoms with Crippen LogP contribution in [0.1, 0.15) is 95.2 Å². The van der Waals surface area contributed by atoms with E-state index in [2.05, 4.69) is 15.2 Å². The lowest BCUT2D eigenvalue weighted by Gasteiger charge is -2.38. The van der Waals surface area contributed by atoms with E-state index in [0.717, 1.165) is 25.8 Å². The third-order valence-electron chi connectivity index (χ3n) is 8.16. The third kappa shape index (κ3) is 7.37. The van der Waals surface area contributed by atoms with Crippen molar-refractivity contribution in [1.82, 2.24) is 20.1 Å². The van der Waals surface area contributed by atoms with Gasteiger partial charge in [-0.2, -0.15) is 0 Å². The van der Waals surface area contributed by atoms with Crippen molar-refractivity contribution in [3.8, 4) is 0 Å². The van der Waals surface area contributed by atoms with Crippen LogP contribution in [-0.2, 0) is 14.4 Å². The number of aromatic carboxylic acids is 1. The Labute approximate surface area is 225 Å². The molecule has 9 nitrogen and oxygen atoms in total. The second kappa shape index (κ2) is 13.0. The van der Waals surface area contributed by atoms with E-state index in [9.17, 15) is 24.3 Å². The lowest BCUT2D eigenvalue weighted by Crippen LogP contribution is -2.50. The smallest absolute Gasteiger partial charge is 0.355 e. The predicted molar refractivity (Wildman–Crippen MR) is 144 cm³/mol. The zero-order chi connectivity index (χ0) is 28.1. The van der Waals surface area contributed by atoms with Crippen LogP contribution in [-0.4, -0.2) is 75.7 Å². The lowest BCUT2D eigenvalue weighted by atomic mass is 9.80. The molecule has 37 heavy (non-hydrogen) atoms. The number of rotatable bonds is 13. The first-order valence-electron chi connectivity index (χ1n) is 13.2. The first-order valence-corrected chi connectivity index (χ1v) is 14.1. The molecule has 1 aromatic rings. The van der Waals surface area contributed by atoms with Crippen molar-refractivity contribution in [2.75, 3.05) is 20.6 Å². The normalized spacial score (nSPS) is 21.3. The van der Waals surface area contributed by atoms with E-state index in [1.807, 2.05) is 41.7 Å². The molecule has 2 rings (SSSR count). The van der Waals surface area contributed by atoms with Crippen LogP contribution in [0.15, 0.2) is 5.38 Å². The quantitative estimate of drug-likeness (QED) is 0.391. The lowest BCUT2D eigenvalue weighted by molar-refractivity contribution is -0.143. The number of carboxylic acids is 1. The van der Waals surface area contributed by atoms with Crippen molar-refractivity contribution in [3.05, 3.63) is 16.1 Å². The first kappa shape index (κ1) is 30.9. The van der Waals surface area contributed by atoms with Crippen molar-refractivity contribution in [2.45, 2.75) is 91.3 Å². The number of thiazole rings is 1. The monoisotopic (exact) mass is 536 g/mol. The van der Waals surface area contributed by atoms with Crippen LogP contribution >= 0.6 is 11.3 Å². The molecule has 1 aliphatic heterocycles. The summed E-state index contributed by atoms with van der Waals surface area (Å²) in [5, 5.41) is 14.1. The van der Waals surface area contributed by atoms with Gasteiger partial charge in [0.25, 0.3) is 0 Å². The molecule has 0 radical (unpaired) electrons. The van der Waals surface area contributed by atoms with Gasteiger partial charge < -0.3 is 15.3 Å². The molecule has 0 aromatic carbocycles. The number of carboxylic acid groups (broad SMARTS) is 1. The molecule has 2 N–H and O–H groups in total. The van der Waals surface area contributed by atoms with Crippen LogP contribution in [0.3, 0.4) is 0 Å². The number of Topliss-reactive ketones (excluding diaryl/α,β-unsaturated/α-hetero) is 1. The van der Waals surface area contributed by atoms with Crippen LogP contribution < -0.4 is 5.32 Å². The number of carbonyl (C=O) groups excluding carboxylic acids is 3. The maximum absolute atomic E-state index is 13.9. The number of likely N-dealkylation sites (tertiary alicyclic amines) is 1. The number of nitrogens with zero attached hydrogens (tertiary/aromatic N) is 3. The fourth-order valence-electron chi connectivity index (χ4n) is 5.24. The maximum Gasteiger partial charge on any atom is 0.355 e. The van der Waals surface area contributed by atoms with Gasteiger partial charge in [-0.1, -0.05) is 34.1 Å². The Morgan fingerprint density at radius 3 is 2.38 bits per heavy atom. The Hall–Kier alpha value is -2.33. The summed E-state index contributed by atoms with van der Waals surface area (Å²) in [6, 6.07) is -0.791. The van der Waals surface area contributed by atoms with Crippen molar-refractivity contribution in [3.63, 3.8) is 0 Å². The maximum atomic E-state index is 13.9. The molecule has 2 heterocycles. The van der Waals surface area contributed by atoms with E-state index in [1.54, 1.807) is 11.9 Å². The Morgan fingerprint density at radius 2 is 1.92 bits per heavy atom. The largest absolute Gasteiger partial charge is 0.476 e. The topological polar surface area (TPSA) is 120 Å². The SMILES string of the molecule is CC[C@H](C)[C@H](CC(=O)[C@@]1(C)CCCN1C)C(=O)N(C)[C@H](C[C@@H](NC(C)=O)c1nc(C(=O)O)cs1)C(C)C. The van der Waals surface area contributed by atoms with Gasteiger partial charge in [-0.3, -0.25) is 19.3 Å². The predicted octanol–water partition coefficient (Wildman–Crippen LogP) is 4.00. The number of likely N-dealkylation sites (N-methyl/N-ethyl adjacent to an activating group) is 1. The van der Waals surface area contributed by atoms with Crippen LogP contribution in [0.5, 0.6) is 0 Å². The van der Waals surface area contributed by atoms with Gasteiger partial charge in [0, 0.05) is 37.7 Å². The minimum absolute atomic E-state index is 0.0326. The van der Waals surface area contributed by atoms with E-state index in [4.69, 9.17) is 0 Å². The zero-order valence-electron chi connectivity index (χ0n) is 23.5. The summed E-state index contributed by atoms with van der Waals surface area (Å²) in [6.07, 6.45) is 3.14.